The molecule has 1 saturated heterocycles. The van der Waals surface area contributed by atoms with Gasteiger partial charge in [0, 0.05) is 24.8 Å². The summed E-state index contributed by atoms with van der Waals surface area (Å²) in [6, 6.07) is 8.51. The van der Waals surface area contributed by atoms with Crippen LogP contribution in [0.1, 0.15) is 12.8 Å². The van der Waals surface area contributed by atoms with E-state index in [-0.39, 0.29) is 12.5 Å². The number of primary amides is 1. The highest BCUT2D eigenvalue weighted by Gasteiger charge is 2.19. The molecule has 0 unspecified atom stereocenters. The summed E-state index contributed by atoms with van der Waals surface area (Å²) in [5.74, 6) is 0.583. The van der Waals surface area contributed by atoms with Crippen molar-refractivity contribution in [1.29, 1.82) is 0 Å². The molecular weight excluding hydrogens is 242 g/mol. The molecule has 0 atom stereocenters. The molecule has 1 aromatic rings. The minimum Gasteiger partial charge on any atom is -0.497 e. The van der Waals surface area contributed by atoms with Gasteiger partial charge in [-0.3, -0.25) is 4.79 Å². The molecule has 0 aliphatic carbocycles. The van der Waals surface area contributed by atoms with Crippen LogP contribution in [-0.4, -0.2) is 38.7 Å². The van der Waals surface area contributed by atoms with Gasteiger partial charge in [0.2, 0.25) is 5.91 Å². The van der Waals surface area contributed by atoms with E-state index in [0.717, 1.165) is 31.7 Å². The Morgan fingerprint density at radius 3 is 2.53 bits per heavy atom. The zero-order chi connectivity index (χ0) is 13.7. The average Bonchev–Trinajstić information content (AvgIpc) is 2.46. The van der Waals surface area contributed by atoms with Gasteiger partial charge in [-0.2, -0.15) is 0 Å². The maximum Gasteiger partial charge on any atom is 0.231 e. The van der Waals surface area contributed by atoms with Crippen molar-refractivity contribution in [2.75, 3.05) is 31.6 Å². The molecular formula is C14H21N3O2. The van der Waals surface area contributed by atoms with E-state index in [4.69, 9.17) is 10.5 Å². The van der Waals surface area contributed by atoms with E-state index in [9.17, 15) is 4.79 Å². The van der Waals surface area contributed by atoms with Crippen molar-refractivity contribution in [1.82, 2.24) is 5.32 Å². The van der Waals surface area contributed by atoms with Crippen molar-refractivity contribution in [2.45, 2.75) is 18.9 Å². The monoisotopic (exact) mass is 263 g/mol. The van der Waals surface area contributed by atoms with Crippen LogP contribution in [-0.2, 0) is 4.79 Å². The van der Waals surface area contributed by atoms with E-state index in [2.05, 4.69) is 22.3 Å². The summed E-state index contributed by atoms with van der Waals surface area (Å²) in [4.78, 5) is 13.1. The number of carbonyl (C=O) groups is 1. The van der Waals surface area contributed by atoms with E-state index in [1.165, 1.54) is 5.69 Å². The summed E-state index contributed by atoms with van der Waals surface area (Å²) >= 11 is 0. The van der Waals surface area contributed by atoms with E-state index in [1.54, 1.807) is 7.11 Å². The predicted molar refractivity (Wildman–Crippen MR) is 75.4 cm³/mol. The van der Waals surface area contributed by atoms with Gasteiger partial charge in [-0.1, -0.05) is 0 Å². The molecule has 1 amide bonds. The van der Waals surface area contributed by atoms with Crippen LogP contribution in [0.15, 0.2) is 24.3 Å². The summed E-state index contributed by atoms with van der Waals surface area (Å²) in [5, 5.41) is 3.19. The number of piperidine rings is 1. The summed E-state index contributed by atoms with van der Waals surface area (Å²) in [6.45, 7) is 2.25. The number of anilines is 1. The Kier molecular flexibility index (Phi) is 4.63. The third-order valence-electron chi connectivity index (χ3n) is 3.50. The van der Waals surface area contributed by atoms with Crippen molar-refractivity contribution < 1.29 is 9.53 Å². The minimum absolute atomic E-state index is 0.271. The summed E-state index contributed by atoms with van der Waals surface area (Å²) in [5.41, 5.74) is 6.35. The first-order valence-corrected chi connectivity index (χ1v) is 6.59. The van der Waals surface area contributed by atoms with Gasteiger partial charge in [0.25, 0.3) is 0 Å². The molecule has 5 heteroatoms. The number of rotatable bonds is 5. The Morgan fingerprint density at radius 1 is 1.37 bits per heavy atom. The van der Waals surface area contributed by atoms with Gasteiger partial charge in [-0.15, -0.1) is 0 Å². The fourth-order valence-corrected chi connectivity index (χ4v) is 2.38. The van der Waals surface area contributed by atoms with Crippen LogP contribution in [0.25, 0.3) is 0 Å². The Labute approximate surface area is 113 Å². The molecule has 3 N–H and O–H groups in total. The van der Waals surface area contributed by atoms with E-state index >= 15 is 0 Å². The number of ether oxygens (including phenoxy) is 1. The number of nitrogens with two attached hydrogens (primary N) is 1. The van der Waals surface area contributed by atoms with Gasteiger partial charge < -0.3 is 20.7 Å². The van der Waals surface area contributed by atoms with E-state index in [0.29, 0.717) is 6.04 Å². The third kappa shape index (κ3) is 3.86. The quantitative estimate of drug-likeness (QED) is 0.822. The second-order valence-electron chi connectivity index (χ2n) is 4.81. The third-order valence-corrected chi connectivity index (χ3v) is 3.50. The topological polar surface area (TPSA) is 67.6 Å². The number of nitrogens with one attached hydrogen (secondary N) is 1. The summed E-state index contributed by atoms with van der Waals surface area (Å²) in [6.07, 6.45) is 2.05. The van der Waals surface area contributed by atoms with Crippen molar-refractivity contribution in [3.05, 3.63) is 24.3 Å². The molecule has 104 valence electrons. The lowest BCUT2D eigenvalue weighted by molar-refractivity contribution is -0.117. The van der Waals surface area contributed by atoms with Crippen LogP contribution in [0.5, 0.6) is 5.75 Å². The summed E-state index contributed by atoms with van der Waals surface area (Å²) < 4.78 is 5.16. The van der Waals surface area contributed by atoms with E-state index < -0.39 is 0 Å². The smallest absolute Gasteiger partial charge is 0.231 e. The highest BCUT2D eigenvalue weighted by atomic mass is 16.5. The second kappa shape index (κ2) is 6.43. The molecule has 1 fully saturated rings. The number of hydrogen-bond donors (Lipinski definition) is 2. The first-order valence-electron chi connectivity index (χ1n) is 6.59. The van der Waals surface area contributed by atoms with Crippen molar-refractivity contribution in [2.24, 2.45) is 5.73 Å². The molecule has 0 aromatic heterocycles. The van der Waals surface area contributed by atoms with Gasteiger partial charge in [0.15, 0.2) is 0 Å². The fraction of sp³-hybridized carbons (Fsp3) is 0.500. The maximum atomic E-state index is 10.7. The molecule has 1 aliphatic rings. The number of carbonyl (C=O) groups excluding carboxylic acids is 1. The van der Waals surface area contributed by atoms with Crippen LogP contribution in [0, 0.1) is 0 Å². The zero-order valence-electron chi connectivity index (χ0n) is 11.3. The lowest BCUT2D eigenvalue weighted by atomic mass is 10.0. The lowest BCUT2D eigenvalue weighted by Crippen LogP contribution is -2.45. The molecule has 1 aromatic carbocycles. The summed E-state index contributed by atoms with van der Waals surface area (Å²) in [7, 11) is 1.67. The molecule has 2 rings (SSSR count). The van der Waals surface area contributed by atoms with Crippen LogP contribution >= 0.6 is 0 Å². The molecule has 1 heterocycles. The number of benzene rings is 1. The standard InChI is InChI=1S/C14H21N3O2/c1-19-13-4-2-12(3-5-13)17-8-6-11(7-9-17)16-10-14(15)18/h2-5,11,16H,6-10H2,1H3,(H2,15,18). The number of amides is 1. The Balaban J connectivity index is 1.83. The van der Waals surface area contributed by atoms with Gasteiger partial charge in [0.05, 0.1) is 13.7 Å². The van der Waals surface area contributed by atoms with Crippen LogP contribution in [0.3, 0.4) is 0 Å². The SMILES string of the molecule is COc1ccc(N2CCC(NCC(N)=O)CC2)cc1. The Hall–Kier alpha value is -1.75. The van der Waals surface area contributed by atoms with Crippen LogP contribution in [0.2, 0.25) is 0 Å². The minimum atomic E-state index is -0.294. The number of methoxy groups -OCH3 is 1. The van der Waals surface area contributed by atoms with E-state index in [1.807, 2.05) is 12.1 Å². The highest BCUT2D eigenvalue weighted by molar-refractivity contribution is 5.75. The Bertz CT molecular complexity index is 411. The van der Waals surface area contributed by atoms with Crippen molar-refractivity contribution in [3.8, 4) is 5.75 Å². The zero-order valence-corrected chi connectivity index (χ0v) is 11.3. The largest absolute Gasteiger partial charge is 0.497 e. The molecule has 1 aliphatic heterocycles. The predicted octanol–water partition coefficient (Wildman–Crippen LogP) is 0.739. The number of hydrogen-bond acceptors (Lipinski definition) is 4. The normalized spacial score (nSPS) is 16.4. The molecule has 0 radical (unpaired) electrons. The Morgan fingerprint density at radius 2 is 2.00 bits per heavy atom. The van der Waals surface area contributed by atoms with Gasteiger partial charge in [0.1, 0.15) is 5.75 Å². The highest BCUT2D eigenvalue weighted by Crippen LogP contribution is 2.22. The first kappa shape index (κ1) is 13.7. The molecule has 0 bridgehead atoms. The van der Waals surface area contributed by atoms with Crippen molar-refractivity contribution in [3.63, 3.8) is 0 Å². The second-order valence-corrected chi connectivity index (χ2v) is 4.81. The van der Waals surface area contributed by atoms with Crippen LogP contribution < -0.4 is 20.7 Å². The molecule has 19 heavy (non-hydrogen) atoms. The molecule has 5 nitrogen and oxygen atoms in total. The van der Waals surface area contributed by atoms with Gasteiger partial charge in [-0.05, 0) is 37.1 Å². The molecule has 0 spiro atoms. The fourth-order valence-electron chi connectivity index (χ4n) is 2.38. The van der Waals surface area contributed by atoms with Gasteiger partial charge >= 0.3 is 0 Å². The van der Waals surface area contributed by atoms with Crippen LogP contribution in [0.4, 0.5) is 5.69 Å². The van der Waals surface area contributed by atoms with Gasteiger partial charge in [-0.25, -0.2) is 0 Å². The maximum absolute atomic E-state index is 10.7. The molecule has 0 saturated carbocycles. The average molecular weight is 263 g/mol. The number of nitrogens with zero attached hydrogens (tertiary/aromatic N) is 1. The van der Waals surface area contributed by atoms with Crippen molar-refractivity contribution >= 4 is 11.6 Å². The first-order chi connectivity index (χ1) is 9.19. The lowest BCUT2D eigenvalue weighted by Gasteiger charge is -2.34.